The van der Waals surface area contributed by atoms with Gasteiger partial charge < -0.3 is 14.7 Å². The van der Waals surface area contributed by atoms with Crippen molar-refractivity contribution in [3.63, 3.8) is 0 Å². The summed E-state index contributed by atoms with van der Waals surface area (Å²) < 4.78 is 33.0. The Labute approximate surface area is 180 Å². The molecule has 2 aliphatic rings. The monoisotopic (exact) mass is 438 g/mol. The van der Waals surface area contributed by atoms with Crippen LogP contribution in [0.1, 0.15) is 56.9 Å². The minimum Gasteiger partial charge on any atom is -0.496 e. The summed E-state index contributed by atoms with van der Waals surface area (Å²) in [6.07, 6.45) is 6.54. The Morgan fingerprint density at radius 1 is 1.17 bits per heavy atom. The number of aliphatic hydroxyl groups excluding tert-OH is 1. The number of hydrogen-bond donors (Lipinski definition) is 1. The van der Waals surface area contributed by atoms with Crippen LogP contribution in [0.5, 0.6) is 5.75 Å². The molecule has 8 heteroatoms. The third kappa shape index (κ3) is 5.15. The van der Waals surface area contributed by atoms with Gasteiger partial charge in [0.25, 0.3) is 0 Å². The van der Waals surface area contributed by atoms with Gasteiger partial charge in [-0.1, -0.05) is 19.3 Å². The zero-order valence-electron chi connectivity index (χ0n) is 18.0. The first kappa shape index (κ1) is 23.0. The number of rotatable bonds is 7. The van der Waals surface area contributed by atoms with E-state index in [9.17, 15) is 18.3 Å². The van der Waals surface area contributed by atoms with Gasteiger partial charge in [-0.2, -0.15) is 4.31 Å². The summed E-state index contributed by atoms with van der Waals surface area (Å²) in [7, 11) is -0.248. The zero-order chi connectivity index (χ0) is 21.7. The van der Waals surface area contributed by atoms with Crippen molar-refractivity contribution < 1.29 is 23.1 Å². The van der Waals surface area contributed by atoms with E-state index in [0.29, 0.717) is 30.8 Å². The van der Waals surface area contributed by atoms with E-state index in [2.05, 4.69) is 0 Å². The van der Waals surface area contributed by atoms with E-state index in [4.69, 9.17) is 4.74 Å². The van der Waals surface area contributed by atoms with Gasteiger partial charge in [-0.15, -0.1) is 0 Å². The van der Waals surface area contributed by atoms with Gasteiger partial charge in [0.15, 0.2) is 0 Å². The highest BCUT2D eigenvalue weighted by Gasteiger charge is 2.30. The van der Waals surface area contributed by atoms with Gasteiger partial charge in [0.2, 0.25) is 15.9 Å². The minimum atomic E-state index is -3.54. The predicted octanol–water partition coefficient (Wildman–Crippen LogP) is 2.56. The van der Waals surface area contributed by atoms with Gasteiger partial charge in [-0.3, -0.25) is 4.79 Å². The van der Waals surface area contributed by atoms with Crippen molar-refractivity contribution in [2.45, 2.75) is 74.8 Å². The third-order valence-electron chi connectivity index (χ3n) is 6.40. The molecule has 1 aliphatic heterocycles. The fourth-order valence-electron chi connectivity index (χ4n) is 4.51. The molecule has 2 atom stereocenters. The Hall–Kier alpha value is -1.64. The Kier molecular flexibility index (Phi) is 7.76. The molecule has 0 bridgehead atoms. The van der Waals surface area contributed by atoms with Gasteiger partial charge in [0.05, 0.1) is 24.2 Å². The molecule has 30 heavy (non-hydrogen) atoms. The number of methoxy groups -OCH3 is 1. The number of ether oxygens (including phenoxy) is 1. The molecule has 1 heterocycles. The van der Waals surface area contributed by atoms with Crippen LogP contribution in [-0.4, -0.2) is 68.0 Å². The fourth-order valence-corrected chi connectivity index (χ4v) is 6.08. The molecule has 1 saturated heterocycles. The van der Waals surface area contributed by atoms with E-state index in [1.54, 1.807) is 41.6 Å². The molecular formula is C22H34N2O5S. The summed E-state index contributed by atoms with van der Waals surface area (Å²) >= 11 is 0. The SMILES string of the molecule is COc1ccc(S(=O)(=O)N2CCCCC2)cc1CCC(=O)N(C)[C@@H]1CCCC[C@H]1O. The topological polar surface area (TPSA) is 87.2 Å². The summed E-state index contributed by atoms with van der Waals surface area (Å²) in [6.45, 7) is 1.10. The van der Waals surface area contributed by atoms with Gasteiger partial charge in [-0.05, 0) is 55.9 Å². The minimum absolute atomic E-state index is 0.0488. The van der Waals surface area contributed by atoms with Crippen molar-refractivity contribution in [3.05, 3.63) is 23.8 Å². The van der Waals surface area contributed by atoms with E-state index in [0.717, 1.165) is 44.9 Å². The molecule has 0 unspecified atom stereocenters. The van der Waals surface area contributed by atoms with Crippen LogP contribution in [0.4, 0.5) is 0 Å². The Bertz CT molecular complexity index is 836. The highest BCUT2D eigenvalue weighted by atomic mass is 32.2. The maximum atomic E-state index is 13.0. The first-order valence-electron chi connectivity index (χ1n) is 11.0. The number of benzene rings is 1. The molecule has 1 aliphatic carbocycles. The number of aliphatic hydroxyl groups is 1. The second kappa shape index (κ2) is 10.1. The Balaban J connectivity index is 1.71. The van der Waals surface area contributed by atoms with Crippen LogP contribution >= 0.6 is 0 Å². The molecule has 2 fully saturated rings. The molecule has 168 valence electrons. The molecule has 7 nitrogen and oxygen atoms in total. The van der Waals surface area contributed by atoms with Crippen LogP contribution in [0, 0.1) is 0 Å². The molecule has 1 saturated carbocycles. The summed E-state index contributed by atoms with van der Waals surface area (Å²) in [5.74, 6) is 0.535. The summed E-state index contributed by atoms with van der Waals surface area (Å²) in [5, 5.41) is 10.2. The number of aryl methyl sites for hydroxylation is 1. The highest BCUT2D eigenvalue weighted by Crippen LogP contribution is 2.28. The number of piperidine rings is 1. The maximum absolute atomic E-state index is 13.0. The van der Waals surface area contributed by atoms with Gasteiger partial charge in [0.1, 0.15) is 5.75 Å². The van der Waals surface area contributed by atoms with Crippen molar-refractivity contribution in [2.24, 2.45) is 0 Å². The van der Waals surface area contributed by atoms with Gasteiger partial charge in [-0.25, -0.2) is 8.42 Å². The predicted molar refractivity (Wildman–Crippen MR) is 115 cm³/mol. The normalized spacial score (nSPS) is 23.2. The standard InChI is InChI=1S/C22H34N2O5S/c1-23(19-8-4-5-9-20(19)25)22(26)13-10-17-16-18(11-12-21(17)29-2)30(27,28)24-14-6-3-7-15-24/h11-12,16,19-20,25H,3-10,13-15H2,1-2H3/t19-,20-/m1/s1. The number of nitrogens with zero attached hydrogens (tertiary/aromatic N) is 2. The molecule has 0 aromatic heterocycles. The van der Waals surface area contributed by atoms with Crippen LogP contribution in [0.15, 0.2) is 23.1 Å². The quantitative estimate of drug-likeness (QED) is 0.707. The molecule has 3 rings (SSSR count). The van der Waals surface area contributed by atoms with Crippen molar-refractivity contribution in [2.75, 3.05) is 27.2 Å². The molecule has 0 radical (unpaired) electrons. The number of sulfonamides is 1. The Morgan fingerprint density at radius 3 is 2.53 bits per heavy atom. The van der Waals surface area contributed by atoms with Crippen molar-refractivity contribution >= 4 is 15.9 Å². The van der Waals surface area contributed by atoms with Crippen molar-refractivity contribution in [1.82, 2.24) is 9.21 Å². The maximum Gasteiger partial charge on any atom is 0.243 e. The fraction of sp³-hybridized carbons (Fsp3) is 0.682. The average molecular weight is 439 g/mol. The lowest BCUT2D eigenvalue weighted by atomic mass is 9.91. The molecule has 0 spiro atoms. The lowest BCUT2D eigenvalue weighted by Gasteiger charge is -2.35. The van der Waals surface area contributed by atoms with Crippen molar-refractivity contribution in [3.8, 4) is 5.75 Å². The highest BCUT2D eigenvalue weighted by molar-refractivity contribution is 7.89. The largest absolute Gasteiger partial charge is 0.496 e. The van der Waals surface area contributed by atoms with E-state index < -0.39 is 16.1 Å². The van der Waals surface area contributed by atoms with E-state index in [1.165, 1.54) is 0 Å². The van der Waals surface area contributed by atoms with Crippen LogP contribution < -0.4 is 4.74 Å². The Morgan fingerprint density at radius 2 is 1.87 bits per heavy atom. The molecular weight excluding hydrogens is 404 g/mol. The lowest BCUT2D eigenvalue weighted by molar-refractivity contribution is -0.135. The van der Waals surface area contributed by atoms with E-state index in [-0.39, 0.29) is 23.3 Å². The van der Waals surface area contributed by atoms with Crippen molar-refractivity contribution in [1.29, 1.82) is 0 Å². The second-order valence-corrected chi connectivity index (χ2v) is 10.3. The third-order valence-corrected chi connectivity index (χ3v) is 8.29. The van der Waals surface area contributed by atoms with Crippen LogP contribution in [-0.2, 0) is 21.2 Å². The average Bonchev–Trinajstić information content (AvgIpc) is 2.77. The molecule has 1 aromatic carbocycles. The van der Waals surface area contributed by atoms with E-state index in [1.807, 2.05) is 0 Å². The van der Waals surface area contributed by atoms with Gasteiger partial charge >= 0.3 is 0 Å². The lowest BCUT2D eigenvalue weighted by Crippen LogP contribution is -2.46. The van der Waals surface area contributed by atoms with E-state index >= 15 is 0 Å². The second-order valence-electron chi connectivity index (χ2n) is 8.36. The van der Waals surface area contributed by atoms with Crippen LogP contribution in [0.2, 0.25) is 0 Å². The number of amides is 1. The van der Waals surface area contributed by atoms with Gasteiger partial charge in [0, 0.05) is 26.6 Å². The molecule has 1 aromatic rings. The first-order chi connectivity index (χ1) is 14.3. The first-order valence-corrected chi connectivity index (χ1v) is 12.4. The summed E-state index contributed by atoms with van der Waals surface area (Å²) in [4.78, 5) is 14.6. The number of carbonyl (C=O) groups is 1. The molecule has 1 N–H and O–H groups in total. The summed E-state index contributed by atoms with van der Waals surface area (Å²) in [5.41, 5.74) is 0.710. The zero-order valence-corrected chi connectivity index (χ0v) is 18.9. The molecule has 1 amide bonds. The van der Waals surface area contributed by atoms with Crippen LogP contribution in [0.25, 0.3) is 0 Å². The summed E-state index contributed by atoms with van der Waals surface area (Å²) in [6, 6.07) is 4.76. The number of likely N-dealkylation sites (N-methyl/N-ethyl adjacent to an activating group) is 1. The van der Waals surface area contributed by atoms with Crippen LogP contribution in [0.3, 0.4) is 0 Å². The smallest absolute Gasteiger partial charge is 0.243 e. The number of hydrogen-bond acceptors (Lipinski definition) is 5. The number of carbonyl (C=O) groups excluding carboxylic acids is 1.